The van der Waals surface area contributed by atoms with Crippen molar-refractivity contribution in [3.8, 4) is 0 Å². The molecule has 100 valence electrons. The van der Waals surface area contributed by atoms with Crippen LogP contribution in [0.2, 0.25) is 5.02 Å². The largest absolute Gasteiger partial charge is 0.326 e. The Morgan fingerprint density at radius 3 is 2.42 bits per heavy atom. The van der Waals surface area contributed by atoms with Gasteiger partial charge in [0.15, 0.2) is 0 Å². The minimum atomic E-state index is -3.77. The summed E-state index contributed by atoms with van der Waals surface area (Å²) in [5, 5.41) is -0.174. The van der Waals surface area contributed by atoms with Crippen LogP contribution in [0.4, 0.5) is 5.69 Å². The fraction of sp³-hybridized carbons (Fsp3) is 0.0833. The van der Waals surface area contributed by atoms with Crippen LogP contribution in [0.5, 0.6) is 0 Å². The minimum absolute atomic E-state index is 0.0994. The Labute approximate surface area is 115 Å². The van der Waals surface area contributed by atoms with Gasteiger partial charge in [0, 0.05) is 11.9 Å². The zero-order chi connectivity index (χ0) is 14.0. The molecule has 0 radical (unpaired) electrons. The maximum Gasteiger partial charge on any atom is 0.266 e. The Morgan fingerprint density at radius 2 is 1.84 bits per heavy atom. The summed E-state index contributed by atoms with van der Waals surface area (Å²) in [4.78, 5) is 13.3. The Bertz CT molecular complexity index is 751. The van der Waals surface area contributed by atoms with Crippen molar-refractivity contribution in [2.45, 2.75) is 11.8 Å². The molecule has 0 saturated heterocycles. The fourth-order valence-corrected chi connectivity index (χ4v) is 2.72. The molecular formula is C12H11ClN2O3S. The van der Waals surface area contributed by atoms with Gasteiger partial charge in [-0.2, -0.15) is 0 Å². The number of benzene rings is 1. The summed E-state index contributed by atoms with van der Waals surface area (Å²) >= 11 is 5.61. The number of hydrogen-bond acceptors (Lipinski definition) is 3. The first-order valence-corrected chi connectivity index (χ1v) is 7.22. The molecule has 0 atom stereocenters. The van der Waals surface area contributed by atoms with Gasteiger partial charge < -0.3 is 4.98 Å². The lowest BCUT2D eigenvalue weighted by molar-refractivity contribution is 0.600. The van der Waals surface area contributed by atoms with Crippen LogP contribution in [0, 0.1) is 6.92 Å². The predicted molar refractivity (Wildman–Crippen MR) is 74.1 cm³/mol. The van der Waals surface area contributed by atoms with E-state index in [0.717, 1.165) is 17.8 Å². The molecule has 1 aromatic carbocycles. The Balaban J connectivity index is 2.34. The molecule has 0 bridgehead atoms. The number of anilines is 1. The van der Waals surface area contributed by atoms with Crippen molar-refractivity contribution in [2.24, 2.45) is 0 Å². The van der Waals surface area contributed by atoms with Crippen molar-refractivity contribution in [2.75, 3.05) is 4.72 Å². The van der Waals surface area contributed by atoms with E-state index in [-0.39, 0.29) is 9.92 Å². The van der Waals surface area contributed by atoms with Gasteiger partial charge >= 0.3 is 0 Å². The normalized spacial score (nSPS) is 11.3. The molecule has 0 aliphatic carbocycles. The number of rotatable bonds is 3. The molecule has 1 aromatic heterocycles. The van der Waals surface area contributed by atoms with Crippen molar-refractivity contribution < 1.29 is 8.42 Å². The minimum Gasteiger partial charge on any atom is -0.326 e. The summed E-state index contributed by atoms with van der Waals surface area (Å²) in [7, 11) is -3.77. The highest BCUT2D eigenvalue weighted by Crippen LogP contribution is 2.16. The number of aryl methyl sites for hydroxylation is 1. The topological polar surface area (TPSA) is 79.0 Å². The van der Waals surface area contributed by atoms with E-state index < -0.39 is 15.6 Å². The molecule has 19 heavy (non-hydrogen) atoms. The molecule has 0 aliphatic heterocycles. The van der Waals surface area contributed by atoms with E-state index in [0.29, 0.717) is 5.69 Å². The van der Waals surface area contributed by atoms with Gasteiger partial charge in [-0.3, -0.25) is 9.52 Å². The van der Waals surface area contributed by atoms with Crippen LogP contribution in [-0.2, 0) is 10.0 Å². The summed E-state index contributed by atoms with van der Waals surface area (Å²) in [6.07, 6.45) is 1.10. The van der Waals surface area contributed by atoms with Crippen molar-refractivity contribution >= 4 is 27.3 Å². The van der Waals surface area contributed by atoms with Crippen LogP contribution < -0.4 is 10.3 Å². The average Bonchev–Trinajstić information content (AvgIpc) is 2.35. The molecule has 0 aliphatic rings. The molecular weight excluding hydrogens is 288 g/mol. The smallest absolute Gasteiger partial charge is 0.266 e. The third-order valence-corrected chi connectivity index (χ3v) is 4.09. The number of sulfonamides is 1. The number of nitrogens with one attached hydrogen (secondary N) is 2. The molecule has 0 unspecified atom stereocenters. The molecule has 0 saturated carbocycles. The maximum absolute atomic E-state index is 12.1. The highest BCUT2D eigenvalue weighted by molar-refractivity contribution is 7.92. The lowest BCUT2D eigenvalue weighted by Gasteiger charge is -2.08. The molecule has 7 heteroatoms. The number of aromatic amines is 1. The first-order valence-electron chi connectivity index (χ1n) is 5.36. The third kappa shape index (κ3) is 3.15. The number of hydrogen-bond donors (Lipinski definition) is 2. The van der Waals surface area contributed by atoms with E-state index in [1.54, 1.807) is 24.3 Å². The number of aromatic nitrogens is 1. The first-order chi connectivity index (χ1) is 8.88. The van der Waals surface area contributed by atoms with Crippen LogP contribution in [0.3, 0.4) is 0 Å². The van der Waals surface area contributed by atoms with Gasteiger partial charge in [0.05, 0.1) is 0 Å². The fourth-order valence-electron chi connectivity index (χ4n) is 1.43. The van der Waals surface area contributed by atoms with Gasteiger partial charge in [0.2, 0.25) is 0 Å². The summed E-state index contributed by atoms with van der Waals surface area (Å²) in [6, 6.07) is 7.99. The summed E-state index contributed by atoms with van der Waals surface area (Å²) in [5.74, 6) is 0. The molecule has 2 rings (SSSR count). The van der Waals surface area contributed by atoms with Crippen LogP contribution in [0.15, 0.2) is 46.2 Å². The SMILES string of the molecule is Cc1ccc(NS(=O)(=O)c2c[nH]c(=O)c(Cl)c2)cc1. The average molecular weight is 299 g/mol. The second-order valence-corrected chi connectivity index (χ2v) is 6.07. The standard InChI is InChI=1S/C12H11ClN2O3S/c1-8-2-4-9(5-3-8)15-19(17,18)10-6-11(13)12(16)14-7-10/h2-7,15H,1H3,(H,14,16). The van der Waals surface area contributed by atoms with Crippen molar-refractivity contribution in [3.63, 3.8) is 0 Å². The first kappa shape index (κ1) is 13.6. The van der Waals surface area contributed by atoms with Crippen LogP contribution >= 0.6 is 11.6 Å². The monoisotopic (exact) mass is 298 g/mol. The lowest BCUT2D eigenvalue weighted by Crippen LogP contribution is -2.16. The van der Waals surface area contributed by atoms with Gasteiger partial charge in [-0.05, 0) is 25.1 Å². The number of halogens is 1. The van der Waals surface area contributed by atoms with E-state index in [1.807, 2.05) is 6.92 Å². The van der Waals surface area contributed by atoms with E-state index in [9.17, 15) is 13.2 Å². The second-order valence-electron chi connectivity index (χ2n) is 3.98. The quantitative estimate of drug-likeness (QED) is 0.911. The van der Waals surface area contributed by atoms with Gasteiger partial charge in [0.1, 0.15) is 9.92 Å². The molecule has 0 spiro atoms. The lowest BCUT2D eigenvalue weighted by atomic mass is 10.2. The summed E-state index contributed by atoms with van der Waals surface area (Å²) in [5.41, 5.74) is 0.930. The van der Waals surface area contributed by atoms with Gasteiger partial charge in [-0.15, -0.1) is 0 Å². The van der Waals surface area contributed by atoms with E-state index >= 15 is 0 Å². The van der Waals surface area contributed by atoms with Crippen molar-refractivity contribution in [1.29, 1.82) is 0 Å². The Morgan fingerprint density at radius 1 is 1.21 bits per heavy atom. The number of H-pyrrole nitrogens is 1. The molecule has 2 N–H and O–H groups in total. The maximum atomic E-state index is 12.1. The highest BCUT2D eigenvalue weighted by Gasteiger charge is 2.15. The molecule has 0 fully saturated rings. The summed E-state index contributed by atoms with van der Waals surface area (Å²) < 4.78 is 26.5. The van der Waals surface area contributed by atoms with Crippen molar-refractivity contribution in [3.05, 3.63) is 57.5 Å². The highest BCUT2D eigenvalue weighted by atomic mass is 35.5. The van der Waals surface area contributed by atoms with E-state index in [4.69, 9.17) is 11.6 Å². The second kappa shape index (κ2) is 5.07. The zero-order valence-electron chi connectivity index (χ0n) is 9.98. The van der Waals surface area contributed by atoms with E-state index in [1.165, 1.54) is 0 Å². The van der Waals surface area contributed by atoms with Crippen LogP contribution in [-0.4, -0.2) is 13.4 Å². The van der Waals surface area contributed by atoms with Gasteiger partial charge in [0.25, 0.3) is 15.6 Å². The zero-order valence-corrected chi connectivity index (χ0v) is 11.5. The molecule has 2 aromatic rings. The van der Waals surface area contributed by atoms with Crippen molar-refractivity contribution in [1.82, 2.24) is 4.98 Å². The summed E-state index contributed by atoms with van der Waals surface area (Å²) in [6.45, 7) is 1.90. The van der Waals surface area contributed by atoms with E-state index in [2.05, 4.69) is 9.71 Å². The molecule has 0 amide bonds. The molecule has 1 heterocycles. The predicted octanol–water partition coefficient (Wildman–Crippen LogP) is 2.14. The van der Waals surface area contributed by atoms with Gasteiger partial charge in [-0.25, -0.2) is 8.42 Å². The van der Waals surface area contributed by atoms with Gasteiger partial charge in [-0.1, -0.05) is 29.3 Å². The Kier molecular flexibility index (Phi) is 3.64. The number of pyridine rings is 1. The van der Waals surface area contributed by atoms with Crippen LogP contribution in [0.25, 0.3) is 0 Å². The van der Waals surface area contributed by atoms with Crippen LogP contribution in [0.1, 0.15) is 5.56 Å². The molecule has 5 nitrogen and oxygen atoms in total. The third-order valence-electron chi connectivity index (χ3n) is 2.45. The Hall–Kier alpha value is -1.79.